The molecule has 0 fully saturated rings. The first-order valence-corrected chi connectivity index (χ1v) is 14.3. The topological polar surface area (TPSA) is 186 Å². The Bertz CT molecular complexity index is 1520. The van der Waals surface area contributed by atoms with Crippen LogP contribution in [0.5, 0.6) is 0 Å². The highest BCUT2D eigenvalue weighted by molar-refractivity contribution is 7.20. The summed E-state index contributed by atoms with van der Waals surface area (Å²) in [5.41, 5.74) is 19.7. The maximum Gasteiger partial charge on any atom is 0.242 e. The van der Waals surface area contributed by atoms with Crippen LogP contribution in [0.3, 0.4) is 0 Å². The molecule has 0 aliphatic carbocycles. The van der Waals surface area contributed by atoms with Crippen molar-refractivity contribution in [2.45, 2.75) is 51.2 Å². The molecule has 0 saturated heterocycles. The van der Waals surface area contributed by atoms with E-state index in [2.05, 4.69) is 20.3 Å². The van der Waals surface area contributed by atoms with Gasteiger partial charge in [-0.2, -0.15) is 0 Å². The van der Waals surface area contributed by atoms with Crippen molar-refractivity contribution in [1.29, 1.82) is 0 Å². The SMILES string of the molecule is CC(C)N(C(=O)CNC(=O)C(N)Cc1c[nH]c2ccccc12)C(CCCN=C(N)N)C(=O)c1nc2ccccc2s1. The molecule has 2 unspecified atom stereocenters. The molecule has 2 atom stereocenters. The molecule has 4 aromatic rings. The largest absolute Gasteiger partial charge is 0.370 e. The third kappa shape index (κ3) is 7.27. The number of nitrogens with zero attached hydrogens (tertiary/aromatic N) is 3. The molecule has 41 heavy (non-hydrogen) atoms. The Kier molecular flexibility index (Phi) is 9.69. The van der Waals surface area contributed by atoms with Crippen LogP contribution in [-0.2, 0) is 16.0 Å². The smallest absolute Gasteiger partial charge is 0.242 e. The Morgan fingerprint density at radius 3 is 2.56 bits per heavy atom. The van der Waals surface area contributed by atoms with Crippen LogP contribution >= 0.6 is 11.3 Å². The molecule has 2 aromatic carbocycles. The number of nitrogens with one attached hydrogen (secondary N) is 2. The molecule has 0 aliphatic rings. The van der Waals surface area contributed by atoms with E-state index >= 15 is 0 Å². The average Bonchev–Trinajstić information content (AvgIpc) is 3.57. The van der Waals surface area contributed by atoms with Crippen LogP contribution in [0.15, 0.2) is 59.7 Å². The van der Waals surface area contributed by atoms with Gasteiger partial charge in [-0.05, 0) is 56.9 Å². The van der Waals surface area contributed by atoms with E-state index in [1.807, 2.05) is 68.6 Å². The highest BCUT2D eigenvalue weighted by Crippen LogP contribution is 2.26. The molecular formula is C29H36N8O3S. The molecule has 12 heteroatoms. The number of aliphatic imine (C=N–C) groups is 1. The lowest BCUT2D eigenvalue weighted by Crippen LogP contribution is -2.53. The van der Waals surface area contributed by atoms with Gasteiger partial charge in [-0.15, -0.1) is 11.3 Å². The number of guanidine groups is 1. The number of thiazole rings is 1. The van der Waals surface area contributed by atoms with Crippen LogP contribution < -0.4 is 22.5 Å². The van der Waals surface area contributed by atoms with Crippen LogP contribution in [-0.4, -0.2) is 69.6 Å². The Balaban J connectivity index is 1.47. The molecule has 8 N–H and O–H groups in total. The van der Waals surface area contributed by atoms with Crippen molar-refractivity contribution in [3.8, 4) is 0 Å². The number of carbonyl (C=O) groups excluding carboxylic acids is 3. The minimum Gasteiger partial charge on any atom is -0.370 e. The summed E-state index contributed by atoms with van der Waals surface area (Å²) in [5.74, 6) is -1.15. The van der Waals surface area contributed by atoms with E-state index < -0.39 is 23.9 Å². The number of carbonyl (C=O) groups is 3. The number of amides is 2. The number of H-pyrrole nitrogens is 1. The van der Waals surface area contributed by atoms with Crippen molar-refractivity contribution in [2.24, 2.45) is 22.2 Å². The van der Waals surface area contributed by atoms with Gasteiger partial charge in [0.05, 0.1) is 28.8 Å². The lowest BCUT2D eigenvalue weighted by molar-refractivity contribution is -0.136. The number of rotatable bonds is 13. The zero-order valence-corrected chi connectivity index (χ0v) is 24.0. The van der Waals surface area contributed by atoms with Crippen LogP contribution in [0, 0.1) is 0 Å². The molecule has 11 nitrogen and oxygen atoms in total. The van der Waals surface area contributed by atoms with Gasteiger partial charge in [0, 0.05) is 29.7 Å². The number of Topliss-reactive ketones (excluding diaryl/α,β-unsaturated/α-hetero) is 1. The standard InChI is InChI=1S/C29H36N8O3S/c1-17(2)37(25(38)16-35-27(40)20(30)14-18-15-34-21-9-4-3-8-19(18)21)23(11-7-13-33-29(31)32)26(39)28-36-22-10-5-6-12-24(22)41-28/h3-6,8-10,12,15,17,20,23,34H,7,11,13-14,16,30H2,1-2H3,(H,35,40)(H4,31,32,33). The highest BCUT2D eigenvalue weighted by Gasteiger charge is 2.34. The maximum atomic E-state index is 13.8. The first kappa shape index (κ1) is 29.7. The summed E-state index contributed by atoms with van der Waals surface area (Å²) in [6, 6.07) is 13.3. The second-order valence-corrected chi connectivity index (χ2v) is 11.1. The summed E-state index contributed by atoms with van der Waals surface area (Å²) in [6.45, 7) is 3.68. The zero-order valence-electron chi connectivity index (χ0n) is 23.2. The van der Waals surface area contributed by atoms with Crippen molar-refractivity contribution in [2.75, 3.05) is 13.1 Å². The monoisotopic (exact) mass is 576 g/mol. The molecule has 2 heterocycles. The summed E-state index contributed by atoms with van der Waals surface area (Å²) < 4.78 is 0.883. The van der Waals surface area contributed by atoms with E-state index in [1.165, 1.54) is 16.2 Å². The molecular weight excluding hydrogens is 540 g/mol. The Labute approximate surface area is 242 Å². The summed E-state index contributed by atoms with van der Waals surface area (Å²) in [5, 5.41) is 3.99. The summed E-state index contributed by atoms with van der Waals surface area (Å²) in [6.07, 6.45) is 2.94. The van der Waals surface area contributed by atoms with Crippen molar-refractivity contribution in [3.63, 3.8) is 0 Å². The average molecular weight is 577 g/mol. The number of para-hydroxylation sites is 2. The fourth-order valence-electron chi connectivity index (χ4n) is 4.85. The van der Waals surface area contributed by atoms with Crippen molar-refractivity contribution < 1.29 is 14.4 Å². The molecule has 0 radical (unpaired) electrons. The maximum absolute atomic E-state index is 13.8. The minimum absolute atomic E-state index is 0.0393. The minimum atomic E-state index is -0.853. The number of hydrogen-bond donors (Lipinski definition) is 5. The normalized spacial score (nSPS) is 12.8. The predicted octanol–water partition coefficient (Wildman–Crippen LogP) is 2.31. The summed E-state index contributed by atoms with van der Waals surface area (Å²) >= 11 is 1.29. The van der Waals surface area contributed by atoms with Gasteiger partial charge in [0.15, 0.2) is 11.0 Å². The summed E-state index contributed by atoms with van der Waals surface area (Å²) in [4.78, 5) is 53.4. The number of hydrogen-bond acceptors (Lipinski definition) is 7. The van der Waals surface area contributed by atoms with E-state index in [9.17, 15) is 14.4 Å². The van der Waals surface area contributed by atoms with Crippen LogP contribution in [0.4, 0.5) is 0 Å². The van der Waals surface area contributed by atoms with Gasteiger partial charge in [0.25, 0.3) is 0 Å². The van der Waals surface area contributed by atoms with E-state index in [-0.39, 0.29) is 24.3 Å². The van der Waals surface area contributed by atoms with Crippen molar-refractivity contribution >= 4 is 56.0 Å². The second kappa shape index (κ2) is 13.4. The zero-order chi connectivity index (χ0) is 29.5. The fraction of sp³-hybridized carbons (Fsp3) is 0.345. The van der Waals surface area contributed by atoms with Gasteiger partial charge < -0.3 is 32.4 Å². The van der Waals surface area contributed by atoms with E-state index in [0.717, 1.165) is 26.7 Å². The van der Waals surface area contributed by atoms with Crippen molar-refractivity contribution in [3.05, 3.63) is 65.3 Å². The number of nitrogens with two attached hydrogens (primary N) is 3. The first-order chi connectivity index (χ1) is 19.7. The van der Waals surface area contributed by atoms with Gasteiger partial charge in [-0.1, -0.05) is 30.3 Å². The summed E-state index contributed by atoms with van der Waals surface area (Å²) in [7, 11) is 0. The lowest BCUT2D eigenvalue weighted by atomic mass is 10.0. The van der Waals surface area contributed by atoms with Gasteiger partial charge in [0.1, 0.15) is 0 Å². The Morgan fingerprint density at radius 2 is 1.83 bits per heavy atom. The van der Waals surface area contributed by atoms with Gasteiger partial charge >= 0.3 is 0 Å². The van der Waals surface area contributed by atoms with Crippen LogP contribution in [0.25, 0.3) is 21.1 Å². The van der Waals surface area contributed by atoms with Gasteiger partial charge in [0.2, 0.25) is 17.6 Å². The number of ketones is 1. The number of fused-ring (bicyclic) bond motifs is 2. The Hall–Kier alpha value is -4.29. The molecule has 0 saturated carbocycles. The van der Waals surface area contributed by atoms with Gasteiger partial charge in [-0.3, -0.25) is 19.4 Å². The third-order valence-corrected chi connectivity index (χ3v) is 7.83. The van der Waals surface area contributed by atoms with E-state index in [4.69, 9.17) is 17.2 Å². The molecule has 216 valence electrons. The Morgan fingerprint density at radius 1 is 1.10 bits per heavy atom. The molecule has 0 bridgehead atoms. The van der Waals surface area contributed by atoms with E-state index in [0.29, 0.717) is 30.8 Å². The number of aromatic amines is 1. The molecule has 4 rings (SSSR count). The van der Waals surface area contributed by atoms with Gasteiger partial charge in [-0.25, -0.2) is 4.98 Å². The number of aromatic nitrogens is 2. The quantitative estimate of drug-likeness (QED) is 0.0699. The second-order valence-electron chi connectivity index (χ2n) is 10.1. The predicted molar refractivity (Wildman–Crippen MR) is 163 cm³/mol. The van der Waals surface area contributed by atoms with Crippen molar-refractivity contribution in [1.82, 2.24) is 20.2 Å². The first-order valence-electron chi connectivity index (χ1n) is 13.5. The fourth-order valence-corrected chi connectivity index (χ4v) is 5.80. The molecule has 0 spiro atoms. The van der Waals surface area contributed by atoms with E-state index in [1.54, 1.807) is 0 Å². The third-order valence-electron chi connectivity index (χ3n) is 6.78. The number of benzene rings is 2. The molecule has 2 amide bonds. The highest BCUT2D eigenvalue weighted by atomic mass is 32.1. The molecule has 2 aromatic heterocycles. The lowest BCUT2D eigenvalue weighted by Gasteiger charge is -2.34. The van der Waals surface area contributed by atoms with Crippen LogP contribution in [0.2, 0.25) is 0 Å². The van der Waals surface area contributed by atoms with Crippen LogP contribution in [0.1, 0.15) is 42.1 Å². The molecule has 0 aliphatic heterocycles.